The fourth-order valence-electron chi connectivity index (χ4n) is 4.54. The molecule has 0 aromatic carbocycles. The topological polar surface area (TPSA) is 73.4 Å². The molecule has 24 heavy (non-hydrogen) atoms. The van der Waals surface area contributed by atoms with Crippen LogP contribution in [-0.4, -0.2) is 46.4 Å². The number of rotatable bonds is 5. The highest BCUT2D eigenvalue weighted by molar-refractivity contribution is 5.77. The third kappa shape index (κ3) is 3.35. The number of carbonyl (C=O) groups excluding carboxylic acids is 1. The number of amides is 1. The number of ether oxygens (including phenoxy) is 1. The van der Waals surface area contributed by atoms with Crippen molar-refractivity contribution in [2.24, 2.45) is 17.6 Å². The predicted molar refractivity (Wildman–Crippen MR) is 90.2 cm³/mol. The monoisotopic (exact) mass is 332 g/mol. The van der Waals surface area contributed by atoms with Crippen molar-refractivity contribution < 1.29 is 9.53 Å². The quantitative estimate of drug-likeness (QED) is 0.883. The molecule has 1 aromatic rings. The van der Waals surface area contributed by atoms with E-state index >= 15 is 0 Å². The van der Waals surface area contributed by atoms with Crippen LogP contribution in [-0.2, 0) is 29.0 Å². The van der Waals surface area contributed by atoms with Crippen LogP contribution in [0.5, 0.6) is 0 Å². The molecule has 2 atom stereocenters. The highest BCUT2D eigenvalue weighted by atomic mass is 16.5. The van der Waals surface area contributed by atoms with Gasteiger partial charge in [0.25, 0.3) is 0 Å². The van der Waals surface area contributed by atoms with E-state index in [0.717, 1.165) is 39.0 Å². The second-order valence-corrected chi connectivity index (χ2v) is 7.62. The molecule has 0 bridgehead atoms. The Balaban J connectivity index is 1.25. The number of primary amides is 1. The summed E-state index contributed by atoms with van der Waals surface area (Å²) in [5, 5.41) is 4.72. The second kappa shape index (κ2) is 6.84. The number of carbonyl (C=O) groups is 1. The number of nitrogens with two attached hydrogens (primary N) is 1. The fraction of sp³-hybridized carbons (Fsp3) is 0.778. The van der Waals surface area contributed by atoms with Gasteiger partial charge in [0.1, 0.15) is 0 Å². The molecule has 0 aliphatic carbocycles. The average molecular weight is 332 g/mol. The number of hydrogen-bond acceptors (Lipinski definition) is 4. The Morgan fingerprint density at radius 2 is 2.12 bits per heavy atom. The lowest BCUT2D eigenvalue weighted by Gasteiger charge is -2.33. The number of fused-ring (bicyclic) bond motifs is 1. The summed E-state index contributed by atoms with van der Waals surface area (Å²) in [6, 6.07) is 2.28. The standard InChI is InChI=1S/C18H28N4O2/c19-18(23)16-5-9-24-17(16)10-13-3-7-21(8-4-13)12-14-11-15-2-1-6-22(15)20-14/h11,13,16-17H,1-10,12H2,(H2,19,23)/t16-,17-/m1/s1. The first-order chi connectivity index (χ1) is 11.7. The number of likely N-dealkylation sites (tertiary alicyclic amines) is 1. The van der Waals surface area contributed by atoms with Gasteiger partial charge in [0.2, 0.25) is 5.91 Å². The van der Waals surface area contributed by atoms with Gasteiger partial charge >= 0.3 is 0 Å². The van der Waals surface area contributed by atoms with E-state index in [1.54, 1.807) is 0 Å². The number of aromatic nitrogens is 2. The minimum atomic E-state index is -0.192. The third-order valence-corrected chi connectivity index (χ3v) is 5.95. The molecule has 0 radical (unpaired) electrons. The number of nitrogens with zero attached hydrogens (tertiary/aromatic N) is 3. The molecule has 0 saturated carbocycles. The highest BCUT2D eigenvalue weighted by Crippen LogP contribution is 2.31. The van der Waals surface area contributed by atoms with Crippen molar-refractivity contribution in [1.29, 1.82) is 0 Å². The van der Waals surface area contributed by atoms with Crippen molar-refractivity contribution in [3.63, 3.8) is 0 Å². The van der Waals surface area contributed by atoms with Crippen molar-refractivity contribution in [1.82, 2.24) is 14.7 Å². The van der Waals surface area contributed by atoms with Crippen molar-refractivity contribution in [3.8, 4) is 0 Å². The van der Waals surface area contributed by atoms with Gasteiger partial charge in [-0.25, -0.2) is 0 Å². The normalized spacial score (nSPS) is 28.3. The molecule has 4 rings (SSSR count). The van der Waals surface area contributed by atoms with Crippen LogP contribution in [0.15, 0.2) is 6.07 Å². The molecule has 2 saturated heterocycles. The molecule has 0 unspecified atom stereocenters. The van der Waals surface area contributed by atoms with Gasteiger partial charge in [0.05, 0.1) is 17.7 Å². The Morgan fingerprint density at radius 1 is 1.29 bits per heavy atom. The van der Waals surface area contributed by atoms with E-state index in [0.29, 0.717) is 12.5 Å². The molecule has 2 fully saturated rings. The van der Waals surface area contributed by atoms with E-state index in [-0.39, 0.29) is 17.9 Å². The zero-order valence-electron chi connectivity index (χ0n) is 14.3. The van der Waals surface area contributed by atoms with Gasteiger partial charge < -0.3 is 10.5 Å². The van der Waals surface area contributed by atoms with E-state index in [2.05, 4.69) is 15.6 Å². The zero-order chi connectivity index (χ0) is 16.5. The molecule has 4 heterocycles. The summed E-state index contributed by atoms with van der Waals surface area (Å²) < 4.78 is 7.93. The summed E-state index contributed by atoms with van der Waals surface area (Å²) in [5.74, 6) is 0.386. The third-order valence-electron chi connectivity index (χ3n) is 5.95. The first kappa shape index (κ1) is 16.1. The molecule has 6 heteroatoms. The van der Waals surface area contributed by atoms with Gasteiger partial charge in [0.15, 0.2) is 0 Å². The van der Waals surface area contributed by atoms with E-state index in [1.165, 1.54) is 37.1 Å². The highest BCUT2D eigenvalue weighted by Gasteiger charge is 2.35. The molecule has 3 aliphatic heterocycles. The van der Waals surface area contributed by atoms with Gasteiger partial charge in [0, 0.05) is 25.4 Å². The Labute approximate surface area is 143 Å². The molecular formula is C18H28N4O2. The number of aryl methyl sites for hydroxylation is 2. The van der Waals surface area contributed by atoms with Crippen LogP contribution in [0.2, 0.25) is 0 Å². The van der Waals surface area contributed by atoms with Crippen molar-refractivity contribution in [2.75, 3.05) is 19.7 Å². The van der Waals surface area contributed by atoms with Crippen molar-refractivity contribution >= 4 is 5.91 Å². The lowest BCUT2D eigenvalue weighted by Crippen LogP contribution is -2.36. The maximum absolute atomic E-state index is 11.5. The SMILES string of the molecule is NC(=O)[C@@H]1CCO[C@@H]1CC1CCN(Cc2cc3n(n2)CCC3)CC1. The Morgan fingerprint density at radius 3 is 2.88 bits per heavy atom. The van der Waals surface area contributed by atoms with E-state index in [9.17, 15) is 4.79 Å². The predicted octanol–water partition coefficient (Wildman–Crippen LogP) is 1.32. The van der Waals surface area contributed by atoms with Gasteiger partial charge in [-0.1, -0.05) is 0 Å². The zero-order valence-corrected chi connectivity index (χ0v) is 14.3. The summed E-state index contributed by atoms with van der Waals surface area (Å²) in [5.41, 5.74) is 8.11. The van der Waals surface area contributed by atoms with E-state index in [1.807, 2.05) is 0 Å². The van der Waals surface area contributed by atoms with Crippen LogP contribution < -0.4 is 5.73 Å². The molecule has 0 spiro atoms. The lowest BCUT2D eigenvalue weighted by molar-refractivity contribution is -0.123. The lowest BCUT2D eigenvalue weighted by atomic mass is 9.86. The molecule has 1 amide bonds. The van der Waals surface area contributed by atoms with Gasteiger partial charge in [-0.2, -0.15) is 5.10 Å². The minimum absolute atomic E-state index is 0.0511. The molecule has 1 aromatic heterocycles. The summed E-state index contributed by atoms with van der Waals surface area (Å²) >= 11 is 0. The molecular weight excluding hydrogens is 304 g/mol. The Kier molecular flexibility index (Phi) is 4.59. The van der Waals surface area contributed by atoms with Crippen LogP contribution in [0.4, 0.5) is 0 Å². The maximum Gasteiger partial charge on any atom is 0.223 e. The average Bonchev–Trinajstić information content (AvgIpc) is 3.24. The summed E-state index contributed by atoms with van der Waals surface area (Å²) in [6.45, 7) is 4.96. The van der Waals surface area contributed by atoms with Gasteiger partial charge in [-0.05, 0) is 63.6 Å². The van der Waals surface area contributed by atoms with Crippen LogP contribution in [0.1, 0.15) is 43.5 Å². The van der Waals surface area contributed by atoms with Gasteiger partial charge in [-0.3, -0.25) is 14.4 Å². The molecule has 6 nitrogen and oxygen atoms in total. The smallest absolute Gasteiger partial charge is 0.223 e. The Bertz CT molecular complexity index is 570. The maximum atomic E-state index is 11.5. The van der Waals surface area contributed by atoms with Crippen LogP contribution in [0.3, 0.4) is 0 Å². The van der Waals surface area contributed by atoms with Crippen LogP contribution in [0, 0.1) is 11.8 Å². The van der Waals surface area contributed by atoms with Crippen LogP contribution in [0.25, 0.3) is 0 Å². The fourth-order valence-corrected chi connectivity index (χ4v) is 4.54. The van der Waals surface area contributed by atoms with Gasteiger partial charge in [-0.15, -0.1) is 0 Å². The molecule has 3 aliphatic rings. The molecule has 132 valence electrons. The largest absolute Gasteiger partial charge is 0.377 e. The summed E-state index contributed by atoms with van der Waals surface area (Å²) in [6.07, 6.45) is 6.61. The summed E-state index contributed by atoms with van der Waals surface area (Å²) in [7, 11) is 0. The minimum Gasteiger partial charge on any atom is -0.377 e. The molecule has 2 N–H and O–H groups in total. The van der Waals surface area contributed by atoms with Crippen molar-refractivity contribution in [3.05, 3.63) is 17.5 Å². The van der Waals surface area contributed by atoms with Crippen molar-refractivity contribution in [2.45, 2.75) is 57.7 Å². The number of hydrogen-bond donors (Lipinski definition) is 1. The summed E-state index contributed by atoms with van der Waals surface area (Å²) in [4.78, 5) is 14.0. The number of piperidine rings is 1. The first-order valence-corrected chi connectivity index (χ1v) is 9.38. The second-order valence-electron chi connectivity index (χ2n) is 7.62. The first-order valence-electron chi connectivity index (χ1n) is 9.38. The van der Waals surface area contributed by atoms with Crippen LogP contribution >= 0.6 is 0 Å². The van der Waals surface area contributed by atoms with E-state index in [4.69, 9.17) is 15.6 Å². The Hall–Kier alpha value is -1.40. The van der Waals surface area contributed by atoms with E-state index < -0.39 is 0 Å².